The van der Waals surface area contributed by atoms with Crippen LogP contribution in [-0.2, 0) is 32.9 Å². The van der Waals surface area contributed by atoms with E-state index in [-0.39, 0.29) is 25.9 Å². The summed E-state index contributed by atoms with van der Waals surface area (Å²) in [6, 6.07) is 26.4. The van der Waals surface area contributed by atoms with Gasteiger partial charge < -0.3 is 14.4 Å². The Balaban J connectivity index is 0.000000188. The first-order valence-electron chi connectivity index (χ1n) is 16.5. The van der Waals surface area contributed by atoms with Gasteiger partial charge in [0.05, 0.1) is 19.9 Å². The van der Waals surface area contributed by atoms with Crippen LogP contribution in [0.25, 0.3) is 44.6 Å². The topological polar surface area (TPSA) is 51.8 Å². The standard InChI is InChI=1S/C22H18FN2O.C18H24NSi.Ir/c23-19-13-25-20(12-16(19)10-14-4-1-2-5-14)15-7-8-21-18(11-15)17-6-3-9-24-22(17)26-21;1-14(2)11-16-12-17(15-9-7-6-8-10-15)19-13-18(16)20(3,4)5;/h3,6,8-9,11-14H,1-2,4-5,10H2;6-9,12-14H,11H2,1-5H3;/q2*-1;. The molecule has 1 aliphatic carbocycles. The van der Waals surface area contributed by atoms with Gasteiger partial charge in [-0.3, -0.25) is 0 Å². The largest absolute Gasteiger partial charge is 0.486 e. The number of halogens is 1. The number of furan rings is 1. The minimum atomic E-state index is -1.34. The van der Waals surface area contributed by atoms with Crippen molar-refractivity contribution in [1.82, 2.24) is 15.0 Å². The Hall–Kier alpha value is -3.51. The van der Waals surface area contributed by atoms with Gasteiger partial charge in [-0.05, 0) is 58.9 Å². The second kappa shape index (κ2) is 15.1. The van der Waals surface area contributed by atoms with Gasteiger partial charge >= 0.3 is 0 Å². The van der Waals surface area contributed by atoms with E-state index in [1.165, 1.54) is 42.6 Å². The Morgan fingerprint density at radius 1 is 0.872 bits per heavy atom. The summed E-state index contributed by atoms with van der Waals surface area (Å²) in [6.45, 7) is 11.7. The van der Waals surface area contributed by atoms with E-state index >= 15 is 0 Å². The SMILES string of the molecule is CC(C)Cc1cc(-c2[c-]cccc2)ncc1[Si](C)(C)C.Fc1cnc(-c2[c-]cc3oc4ncccc4c3c2)cc1CC1CCCC1.[Ir]. The van der Waals surface area contributed by atoms with Crippen LogP contribution in [-0.4, -0.2) is 23.0 Å². The molecule has 4 nitrogen and oxygen atoms in total. The molecule has 1 fully saturated rings. The maximum Gasteiger partial charge on any atom is 0.216 e. The molecule has 4 aromatic heterocycles. The Bertz CT molecular complexity index is 1950. The van der Waals surface area contributed by atoms with E-state index in [9.17, 15) is 4.39 Å². The molecule has 47 heavy (non-hydrogen) atoms. The maximum absolute atomic E-state index is 14.3. The first-order valence-corrected chi connectivity index (χ1v) is 20.0. The van der Waals surface area contributed by atoms with Crippen molar-refractivity contribution >= 4 is 35.3 Å². The first-order chi connectivity index (χ1) is 22.2. The van der Waals surface area contributed by atoms with Crippen molar-refractivity contribution < 1.29 is 28.9 Å². The van der Waals surface area contributed by atoms with Crippen molar-refractivity contribution in [2.45, 2.75) is 72.0 Å². The van der Waals surface area contributed by atoms with Gasteiger partial charge in [0.25, 0.3) is 0 Å². The molecule has 4 heterocycles. The third-order valence-corrected chi connectivity index (χ3v) is 10.9. The van der Waals surface area contributed by atoms with Gasteiger partial charge in [-0.15, -0.1) is 59.7 Å². The molecule has 0 bridgehead atoms. The summed E-state index contributed by atoms with van der Waals surface area (Å²) in [5, 5.41) is 3.43. The fourth-order valence-electron chi connectivity index (χ4n) is 6.49. The number of hydrogen-bond acceptors (Lipinski definition) is 4. The van der Waals surface area contributed by atoms with Crippen LogP contribution in [0.2, 0.25) is 19.6 Å². The predicted molar refractivity (Wildman–Crippen MR) is 189 cm³/mol. The average Bonchev–Trinajstić information content (AvgIpc) is 3.69. The van der Waals surface area contributed by atoms with E-state index in [4.69, 9.17) is 4.42 Å². The molecule has 0 aliphatic heterocycles. The van der Waals surface area contributed by atoms with E-state index in [2.05, 4.69) is 78.9 Å². The number of hydrogen-bond donors (Lipinski definition) is 0. The number of pyridine rings is 3. The van der Waals surface area contributed by atoms with Gasteiger partial charge in [-0.2, -0.15) is 0 Å². The van der Waals surface area contributed by atoms with Crippen LogP contribution >= 0.6 is 0 Å². The zero-order valence-electron chi connectivity index (χ0n) is 27.9. The molecule has 1 saturated carbocycles. The summed E-state index contributed by atoms with van der Waals surface area (Å²) >= 11 is 0. The van der Waals surface area contributed by atoms with Crippen molar-refractivity contribution in [2.75, 3.05) is 0 Å². The first kappa shape index (κ1) is 34.8. The minimum Gasteiger partial charge on any atom is -0.486 e. The monoisotopic (exact) mass is 820 g/mol. The van der Waals surface area contributed by atoms with Gasteiger partial charge in [0.2, 0.25) is 5.71 Å². The van der Waals surface area contributed by atoms with Crippen molar-refractivity contribution in [1.29, 1.82) is 0 Å². The molecule has 6 aromatic rings. The Kier molecular flexibility index (Phi) is 11.2. The number of fused-ring (bicyclic) bond motifs is 3. The molecule has 0 saturated heterocycles. The number of nitrogens with zero attached hydrogens (tertiary/aromatic N) is 3. The van der Waals surface area contributed by atoms with Crippen LogP contribution < -0.4 is 5.19 Å². The molecule has 0 amide bonds. The molecular weight excluding hydrogens is 778 g/mol. The second-order valence-electron chi connectivity index (χ2n) is 13.9. The Morgan fingerprint density at radius 2 is 1.62 bits per heavy atom. The van der Waals surface area contributed by atoms with Crippen molar-refractivity contribution in [3.63, 3.8) is 0 Å². The quantitative estimate of drug-likeness (QED) is 0.119. The molecule has 1 radical (unpaired) electrons. The zero-order chi connectivity index (χ0) is 32.3. The summed E-state index contributed by atoms with van der Waals surface area (Å²) in [5.41, 5.74) is 7.31. The van der Waals surface area contributed by atoms with Crippen LogP contribution in [0.5, 0.6) is 0 Å². The van der Waals surface area contributed by atoms with Gasteiger partial charge in [0.15, 0.2) is 0 Å². The van der Waals surface area contributed by atoms with Crippen LogP contribution in [0.4, 0.5) is 4.39 Å². The third kappa shape index (κ3) is 8.32. The van der Waals surface area contributed by atoms with Gasteiger partial charge in [0.1, 0.15) is 5.82 Å². The molecular formula is C40H42FIrN3OSi-2. The summed E-state index contributed by atoms with van der Waals surface area (Å²) in [7, 11) is -1.34. The second-order valence-corrected chi connectivity index (χ2v) is 19.0. The smallest absolute Gasteiger partial charge is 0.216 e. The minimum absolute atomic E-state index is 0. The summed E-state index contributed by atoms with van der Waals surface area (Å²) in [4.78, 5) is 13.2. The van der Waals surface area contributed by atoms with Crippen LogP contribution in [0, 0.1) is 29.8 Å². The molecule has 1 aliphatic rings. The fourth-order valence-corrected chi connectivity index (χ4v) is 8.08. The third-order valence-electron chi connectivity index (χ3n) is 8.79. The van der Waals surface area contributed by atoms with Crippen molar-refractivity contribution in [2.24, 2.45) is 11.8 Å². The fraction of sp³-hybridized carbons (Fsp3) is 0.325. The normalized spacial score (nSPS) is 13.5. The molecule has 7 heteroatoms. The van der Waals surface area contributed by atoms with Crippen molar-refractivity contribution in [3.05, 3.63) is 108 Å². The molecule has 0 spiro atoms. The van der Waals surface area contributed by atoms with E-state index < -0.39 is 8.07 Å². The van der Waals surface area contributed by atoms with E-state index in [1.807, 2.05) is 48.5 Å². The summed E-state index contributed by atoms with van der Waals surface area (Å²) < 4.78 is 20.0. The van der Waals surface area contributed by atoms with Crippen LogP contribution in [0.15, 0.2) is 83.7 Å². The average molecular weight is 820 g/mol. The van der Waals surface area contributed by atoms with Crippen LogP contribution in [0.3, 0.4) is 0 Å². The molecule has 7 rings (SSSR count). The predicted octanol–water partition coefficient (Wildman–Crippen LogP) is 10.0. The number of rotatable bonds is 7. The molecule has 245 valence electrons. The van der Waals surface area contributed by atoms with Crippen molar-refractivity contribution in [3.8, 4) is 22.5 Å². The van der Waals surface area contributed by atoms with E-state index in [0.29, 0.717) is 17.5 Å². The molecule has 2 aromatic carbocycles. The zero-order valence-corrected chi connectivity index (χ0v) is 31.3. The Morgan fingerprint density at radius 3 is 2.34 bits per heavy atom. The van der Waals surface area contributed by atoms with Crippen LogP contribution in [0.1, 0.15) is 50.7 Å². The van der Waals surface area contributed by atoms with Gasteiger partial charge in [-0.1, -0.05) is 82.3 Å². The molecule has 0 N–H and O–H groups in total. The van der Waals surface area contributed by atoms with Gasteiger partial charge in [0, 0.05) is 37.9 Å². The van der Waals surface area contributed by atoms with E-state index in [1.54, 1.807) is 6.20 Å². The van der Waals surface area contributed by atoms with Gasteiger partial charge in [-0.25, -0.2) is 9.37 Å². The summed E-state index contributed by atoms with van der Waals surface area (Å²) in [6.07, 6.45) is 12.0. The number of benzene rings is 2. The summed E-state index contributed by atoms with van der Waals surface area (Å²) in [5.74, 6) is 1.05. The number of aromatic nitrogens is 3. The maximum atomic E-state index is 14.3. The molecule has 0 unspecified atom stereocenters. The molecule has 0 atom stereocenters. The van der Waals surface area contributed by atoms with E-state index in [0.717, 1.165) is 57.3 Å². The Labute approximate surface area is 292 Å².